The van der Waals surface area contributed by atoms with Gasteiger partial charge in [0.2, 0.25) is 5.88 Å². The Kier molecular flexibility index (Phi) is 4.79. The standard InChI is InChI=1S/C19H17N7O2/c1-27-16-6-4-3-5-15(16)26-19-14(11-24-26)18(21-12-22-19)25-23-10-13-7-8-17(28-2)20-9-13/h3-12H,1-2H3,(H,21,22,25)/b23-10+. The Labute approximate surface area is 160 Å². The smallest absolute Gasteiger partial charge is 0.212 e. The molecule has 0 atom stereocenters. The number of aromatic nitrogens is 5. The number of rotatable bonds is 6. The summed E-state index contributed by atoms with van der Waals surface area (Å²) in [6, 6.07) is 11.2. The normalized spacial score (nSPS) is 11.1. The number of fused-ring (bicyclic) bond motifs is 1. The molecule has 140 valence electrons. The molecular weight excluding hydrogens is 358 g/mol. The first kappa shape index (κ1) is 17.4. The van der Waals surface area contributed by atoms with Gasteiger partial charge >= 0.3 is 0 Å². The number of hydrogen-bond donors (Lipinski definition) is 1. The van der Waals surface area contributed by atoms with Gasteiger partial charge in [-0.15, -0.1) is 0 Å². The molecule has 0 bridgehead atoms. The van der Waals surface area contributed by atoms with Gasteiger partial charge in [-0.2, -0.15) is 10.2 Å². The predicted molar refractivity (Wildman–Crippen MR) is 105 cm³/mol. The lowest BCUT2D eigenvalue weighted by Crippen LogP contribution is -2.01. The molecule has 0 spiro atoms. The Balaban J connectivity index is 1.62. The topological polar surface area (TPSA) is 99.3 Å². The zero-order chi connectivity index (χ0) is 19.3. The van der Waals surface area contributed by atoms with Gasteiger partial charge in [-0.1, -0.05) is 12.1 Å². The lowest BCUT2D eigenvalue weighted by atomic mass is 10.3. The quantitative estimate of drug-likeness (QED) is 0.408. The van der Waals surface area contributed by atoms with E-state index in [4.69, 9.17) is 9.47 Å². The fourth-order valence-electron chi connectivity index (χ4n) is 2.67. The predicted octanol–water partition coefficient (Wildman–Crippen LogP) is 2.67. The summed E-state index contributed by atoms with van der Waals surface area (Å²) in [5.74, 6) is 1.79. The Bertz CT molecular complexity index is 1120. The van der Waals surface area contributed by atoms with Gasteiger partial charge in [0, 0.05) is 17.8 Å². The largest absolute Gasteiger partial charge is 0.494 e. The highest BCUT2D eigenvalue weighted by Crippen LogP contribution is 2.26. The van der Waals surface area contributed by atoms with Crippen LogP contribution in [0.3, 0.4) is 0 Å². The van der Waals surface area contributed by atoms with Crippen molar-refractivity contribution in [2.75, 3.05) is 19.6 Å². The van der Waals surface area contributed by atoms with E-state index >= 15 is 0 Å². The van der Waals surface area contributed by atoms with Crippen LogP contribution in [-0.4, -0.2) is 45.2 Å². The van der Waals surface area contributed by atoms with E-state index in [9.17, 15) is 0 Å². The van der Waals surface area contributed by atoms with Gasteiger partial charge in [0.25, 0.3) is 0 Å². The molecule has 4 aromatic rings. The van der Waals surface area contributed by atoms with Gasteiger partial charge < -0.3 is 9.47 Å². The van der Waals surface area contributed by atoms with Gasteiger partial charge in [0.15, 0.2) is 11.5 Å². The second-order valence-electron chi connectivity index (χ2n) is 5.69. The molecule has 0 saturated carbocycles. The number of ether oxygens (including phenoxy) is 2. The Morgan fingerprint density at radius 1 is 1.00 bits per heavy atom. The Morgan fingerprint density at radius 2 is 1.89 bits per heavy atom. The summed E-state index contributed by atoms with van der Waals surface area (Å²) in [4.78, 5) is 12.7. The van der Waals surface area contributed by atoms with Crippen molar-refractivity contribution in [3.63, 3.8) is 0 Å². The zero-order valence-electron chi connectivity index (χ0n) is 15.3. The van der Waals surface area contributed by atoms with Crippen LogP contribution in [0, 0.1) is 0 Å². The maximum atomic E-state index is 5.42. The molecule has 3 aromatic heterocycles. The minimum Gasteiger partial charge on any atom is -0.494 e. The van der Waals surface area contributed by atoms with Crippen molar-refractivity contribution in [3.05, 3.63) is 60.7 Å². The van der Waals surface area contributed by atoms with Crippen molar-refractivity contribution >= 4 is 23.1 Å². The number of methoxy groups -OCH3 is 2. The van der Waals surface area contributed by atoms with Crippen LogP contribution < -0.4 is 14.9 Å². The number of pyridine rings is 1. The van der Waals surface area contributed by atoms with Crippen molar-refractivity contribution in [2.45, 2.75) is 0 Å². The van der Waals surface area contributed by atoms with E-state index < -0.39 is 0 Å². The molecule has 3 heterocycles. The summed E-state index contributed by atoms with van der Waals surface area (Å²) >= 11 is 0. The molecule has 9 nitrogen and oxygen atoms in total. The third kappa shape index (κ3) is 3.32. The maximum absolute atomic E-state index is 5.42. The van der Waals surface area contributed by atoms with Crippen LogP contribution in [0.5, 0.6) is 11.6 Å². The van der Waals surface area contributed by atoms with Gasteiger partial charge in [-0.25, -0.2) is 19.6 Å². The molecule has 0 aliphatic heterocycles. The zero-order valence-corrected chi connectivity index (χ0v) is 15.3. The third-order valence-electron chi connectivity index (χ3n) is 4.03. The first-order valence-electron chi connectivity index (χ1n) is 8.41. The lowest BCUT2D eigenvalue weighted by molar-refractivity contribution is 0.398. The van der Waals surface area contributed by atoms with E-state index in [0.717, 1.165) is 16.6 Å². The number of nitrogens with one attached hydrogen (secondary N) is 1. The van der Waals surface area contributed by atoms with E-state index in [1.807, 2.05) is 30.3 Å². The summed E-state index contributed by atoms with van der Waals surface area (Å²) in [5, 5.41) is 9.40. The van der Waals surface area contributed by atoms with Crippen molar-refractivity contribution in [1.82, 2.24) is 24.7 Å². The lowest BCUT2D eigenvalue weighted by Gasteiger charge is -2.08. The SMILES string of the molecule is COc1ccc(/C=N/Nc2ncnc3c2cnn3-c2ccccc2OC)cn1. The highest BCUT2D eigenvalue weighted by molar-refractivity contribution is 5.88. The Morgan fingerprint density at radius 3 is 2.68 bits per heavy atom. The van der Waals surface area contributed by atoms with Crippen molar-refractivity contribution in [2.24, 2.45) is 5.10 Å². The summed E-state index contributed by atoms with van der Waals surface area (Å²) < 4.78 is 12.2. The number of benzene rings is 1. The number of nitrogens with zero attached hydrogens (tertiary/aromatic N) is 6. The molecule has 0 fully saturated rings. The number of anilines is 1. The second kappa shape index (κ2) is 7.70. The van der Waals surface area contributed by atoms with Gasteiger partial charge in [0.05, 0.1) is 32.0 Å². The van der Waals surface area contributed by atoms with E-state index in [1.54, 1.807) is 43.6 Å². The highest BCUT2D eigenvalue weighted by atomic mass is 16.5. The molecule has 4 rings (SSSR count). The minimum atomic E-state index is 0.545. The Hall–Kier alpha value is -4.01. The van der Waals surface area contributed by atoms with Crippen molar-refractivity contribution < 1.29 is 9.47 Å². The summed E-state index contributed by atoms with van der Waals surface area (Å²) in [7, 11) is 3.19. The molecule has 28 heavy (non-hydrogen) atoms. The molecule has 1 N–H and O–H groups in total. The second-order valence-corrected chi connectivity index (χ2v) is 5.69. The van der Waals surface area contributed by atoms with Crippen LogP contribution in [0.2, 0.25) is 0 Å². The first-order valence-corrected chi connectivity index (χ1v) is 8.41. The molecule has 1 aromatic carbocycles. The molecule has 0 aliphatic carbocycles. The van der Waals surface area contributed by atoms with Gasteiger partial charge in [-0.3, -0.25) is 5.43 Å². The van der Waals surface area contributed by atoms with Crippen molar-refractivity contribution in [3.8, 4) is 17.3 Å². The molecular formula is C19H17N7O2. The maximum Gasteiger partial charge on any atom is 0.212 e. The first-order chi connectivity index (χ1) is 13.8. The number of para-hydroxylation sites is 2. The van der Waals surface area contributed by atoms with Crippen LogP contribution >= 0.6 is 0 Å². The monoisotopic (exact) mass is 375 g/mol. The third-order valence-corrected chi connectivity index (χ3v) is 4.03. The van der Waals surface area contributed by atoms with E-state index in [-0.39, 0.29) is 0 Å². The van der Waals surface area contributed by atoms with Gasteiger partial charge in [0.1, 0.15) is 17.8 Å². The molecule has 0 unspecified atom stereocenters. The van der Waals surface area contributed by atoms with Crippen molar-refractivity contribution in [1.29, 1.82) is 0 Å². The summed E-state index contributed by atoms with van der Waals surface area (Å²) in [5.41, 5.74) is 5.19. The van der Waals surface area contributed by atoms with Crippen LogP contribution in [0.25, 0.3) is 16.7 Å². The molecule has 0 amide bonds. The average molecular weight is 375 g/mol. The minimum absolute atomic E-state index is 0.545. The molecule has 9 heteroatoms. The number of hydrogen-bond acceptors (Lipinski definition) is 8. The summed E-state index contributed by atoms with van der Waals surface area (Å²) in [6.07, 6.45) is 6.46. The summed E-state index contributed by atoms with van der Waals surface area (Å²) in [6.45, 7) is 0. The number of hydrazone groups is 1. The molecule has 0 saturated heterocycles. The van der Waals surface area contributed by atoms with Crippen LogP contribution in [0.4, 0.5) is 5.82 Å². The fourth-order valence-corrected chi connectivity index (χ4v) is 2.67. The molecule has 0 aliphatic rings. The average Bonchev–Trinajstić information content (AvgIpc) is 3.19. The highest BCUT2D eigenvalue weighted by Gasteiger charge is 2.13. The van der Waals surface area contributed by atoms with Crippen LogP contribution in [-0.2, 0) is 0 Å². The fraction of sp³-hybridized carbons (Fsp3) is 0.105. The van der Waals surface area contributed by atoms with Crippen LogP contribution in [0.1, 0.15) is 5.56 Å². The van der Waals surface area contributed by atoms with E-state index in [1.165, 1.54) is 6.33 Å². The molecule has 0 radical (unpaired) electrons. The van der Waals surface area contributed by atoms with Gasteiger partial charge in [-0.05, 0) is 18.2 Å². The van der Waals surface area contributed by atoms with Crippen LogP contribution in [0.15, 0.2) is 60.2 Å². The van der Waals surface area contributed by atoms with E-state index in [2.05, 4.69) is 30.6 Å². The van der Waals surface area contributed by atoms with E-state index in [0.29, 0.717) is 23.1 Å².